The van der Waals surface area contributed by atoms with Gasteiger partial charge in [0.15, 0.2) is 0 Å². The number of primary amides is 2. The molecule has 0 radical (unpaired) electrons. The predicted molar refractivity (Wildman–Crippen MR) is 115 cm³/mol. The van der Waals surface area contributed by atoms with Crippen LogP contribution in [0.1, 0.15) is 38.5 Å². The fraction of sp³-hybridized carbons (Fsp3) is 0.667. The number of carbonyl (C=O) groups excluding carboxylic acids is 5. The van der Waals surface area contributed by atoms with Gasteiger partial charge in [-0.3, -0.25) is 24.0 Å². The highest BCUT2D eigenvalue weighted by atomic mass is 32.1. The third kappa shape index (κ3) is 9.51. The molecule has 1 rings (SSSR count). The lowest BCUT2D eigenvalue weighted by Crippen LogP contribution is -2.57. The highest BCUT2D eigenvalue weighted by Crippen LogP contribution is 2.08. The van der Waals surface area contributed by atoms with Gasteiger partial charge in [-0.05, 0) is 32.2 Å². The van der Waals surface area contributed by atoms with Gasteiger partial charge in [0.05, 0.1) is 6.04 Å². The van der Waals surface area contributed by atoms with Crippen molar-refractivity contribution >= 4 is 48.1 Å². The van der Waals surface area contributed by atoms with Crippen molar-refractivity contribution in [2.75, 3.05) is 12.3 Å². The summed E-state index contributed by atoms with van der Waals surface area (Å²) in [5, 5.41) is 19.2. The van der Waals surface area contributed by atoms with E-state index < -0.39 is 59.7 Å². The van der Waals surface area contributed by atoms with Gasteiger partial charge < -0.3 is 37.8 Å². The number of nitrogens with two attached hydrogens (primary N) is 2. The number of rotatable bonds is 14. The van der Waals surface area contributed by atoms with Crippen molar-refractivity contribution in [3.8, 4) is 0 Å². The van der Waals surface area contributed by atoms with E-state index in [9.17, 15) is 28.8 Å². The maximum Gasteiger partial charge on any atom is 0.327 e. The Balaban J connectivity index is 2.93. The smallest absolute Gasteiger partial charge is 0.327 e. The molecule has 14 heteroatoms. The summed E-state index contributed by atoms with van der Waals surface area (Å²) in [5.74, 6) is -5.04. The number of carboxylic acid groups (broad SMARTS) is 1. The van der Waals surface area contributed by atoms with E-state index in [2.05, 4.69) is 33.9 Å². The lowest BCUT2D eigenvalue weighted by Gasteiger charge is -2.24. The van der Waals surface area contributed by atoms with Gasteiger partial charge in [-0.15, -0.1) is 0 Å². The van der Waals surface area contributed by atoms with Gasteiger partial charge >= 0.3 is 5.97 Å². The molecular formula is C18H30N6O7S. The number of carboxylic acids is 1. The van der Waals surface area contributed by atoms with Gasteiger partial charge in [0, 0.05) is 18.6 Å². The van der Waals surface area contributed by atoms with Gasteiger partial charge in [-0.2, -0.15) is 12.6 Å². The Labute approximate surface area is 190 Å². The second-order valence-corrected chi connectivity index (χ2v) is 7.73. The zero-order chi connectivity index (χ0) is 24.3. The average molecular weight is 475 g/mol. The van der Waals surface area contributed by atoms with Crippen molar-refractivity contribution in [3.05, 3.63) is 0 Å². The van der Waals surface area contributed by atoms with Crippen LogP contribution >= 0.6 is 12.6 Å². The van der Waals surface area contributed by atoms with E-state index >= 15 is 0 Å². The number of carbonyl (C=O) groups is 6. The molecule has 1 aliphatic heterocycles. The molecule has 1 aliphatic rings. The molecular weight excluding hydrogens is 444 g/mol. The minimum atomic E-state index is -1.33. The summed E-state index contributed by atoms with van der Waals surface area (Å²) >= 11 is 3.86. The first-order valence-corrected chi connectivity index (χ1v) is 10.7. The van der Waals surface area contributed by atoms with Crippen LogP contribution in [0.2, 0.25) is 0 Å². The molecule has 0 aromatic rings. The highest BCUT2D eigenvalue weighted by molar-refractivity contribution is 7.80. The predicted octanol–water partition coefficient (Wildman–Crippen LogP) is -3.26. The van der Waals surface area contributed by atoms with Crippen LogP contribution in [0.15, 0.2) is 0 Å². The van der Waals surface area contributed by atoms with E-state index in [1.54, 1.807) is 0 Å². The molecule has 32 heavy (non-hydrogen) atoms. The lowest BCUT2D eigenvalue weighted by molar-refractivity contribution is -0.141. The standard InChI is InChI=1S/C18H30N6O7S/c19-13(25)5-3-10(22-15(27)9-2-1-7-21-9)16(28)23-11(4-6-14(20)26)17(29)24-12(8-32)18(30)31/h9-12,21,32H,1-8H2,(H2,19,25)(H2,20,26)(H,22,27)(H,23,28)(H,24,29)(H,30,31). The maximum absolute atomic E-state index is 12.8. The van der Waals surface area contributed by atoms with Crippen LogP contribution in [0.3, 0.4) is 0 Å². The minimum Gasteiger partial charge on any atom is -0.480 e. The number of thiol groups is 1. The Morgan fingerprint density at radius 2 is 1.41 bits per heavy atom. The van der Waals surface area contributed by atoms with Gasteiger partial charge in [-0.1, -0.05) is 0 Å². The molecule has 0 aliphatic carbocycles. The number of nitrogens with one attached hydrogen (secondary N) is 4. The summed E-state index contributed by atoms with van der Waals surface area (Å²) in [6, 6.07) is -4.30. The van der Waals surface area contributed by atoms with Gasteiger partial charge in [0.25, 0.3) is 0 Å². The zero-order valence-corrected chi connectivity index (χ0v) is 18.4. The molecule has 1 fully saturated rings. The van der Waals surface area contributed by atoms with Crippen molar-refractivity contribution in [3.63, 3.8) is 0 Å². The first kappa shape index (κ1) is 27.2. The van der Waals surface area contributed by atoms with Crippen molar-refractivity contribution in [1.29, 1.82) is 0 Å². The Morgan fingerprint density at radius 3 is 1.81 bits per heavy atom. The summed E-state index contributed by atoms with van der Waals surface area (Å²) in [6.07, 6.45) is 0.600. The molecule has 0 bridgehead atoms. The molecule has 9 N–H and O–H groups in total. The van der Waals surface area contributed by atoms with Gasteiger partial charge in [0.2, 0.25) is 29.5 Å². The molecule has 0 spiro atoms. The fourth-order valence-electron chi connectivity index (χ4n) is 3.02. The van der Waals surface area contributed by atoms with E-state index in [4.69, 9.17) is 16.6 Å². The van der Waals surface area contributed by atoms with E-state index in [-0.39, 0.29) is 31.4 Å². The second kappa shape index (κ2) is 13.5. The number of hydrogen-bond acceptors (Lipinski definition) is 8. The average Bonchev–Trinajstić information content (AvgIpc) is 3.26. The number of aliphatic carboxylic acids is 1. The van der Waals surface area contributed by atoms with E-state index in [1.165, 1.54) is 0 Å². The quantitative estimate of drug-likeness (QED) is 0.119. The Bertz CT molecular complexity index is 729. The Hall–Kier alpha value is -2.87. The first-order valence-electron chi connectivity index (χ1n) is 10.1. The van der Waals surface area contributed by atoms with Gasteiger partial charge in [-0.25, -0.2) is 4.79 Å². The molecule has 5 amide bonds. The normalized spacial score (nSPS) is 18.1. The first-order chi connectivity index (χ1) is 15.0. The fourth-order valence-corrected chi connectivity index (χ4v) is 3.27. The number of hydrogen-bond donors (Lipinski definition) is 8. The van der Waals surface area contributed by atoms with Crippen LogP contribution in [0.5, 0.6) is 0 Å². The molecule has 13 nitrogen and oxygen atoms in total. The van der Waals surface area contributed by atoms with Crippen molar-refractivity contribution in [2.24, 2.45) is 11.5 Å². The summed E-state index contributed by atoms with van der Waals surface area (Å²) in [6.45, 7) is 0.654. The lowest BCUT2D eigenvalue weighted by atomic mass is 10.1. The molecule has 4 unspecified atom stereocenters. The van der Waals surface area contributed by atoms with E-state index in [1.807, 2.05) is 0 Å². The second-order valence-electron chi connectivity index (χ2n) is 7.36. The zero-order valence-electron chi connectivity index (χ0n) is 17.5. The summed E-state index contributed by atoms with van der Waals surface area (Å²) in [7, 11) is 0. The SMILES string of the molecule is NC(=O)CCC(NC(=O)C(CCC(N)=O)NC(=O)C1CCCN1)C(=O)NC(CS)C(=O)O. The monoisotopic (exact) mass is 474 g/mol. The topological polar surface area (TPSA) is 223 Å². The molecule has 1 heterocycles. The van der Waals surface area contributed by atoms with Gasteiger partial charge in [0.1, 0.15) is 18.1 Å². The summed E-state index contributed by atoms with van der Waals surface area (Å²) in [5.41, 5.74) is 10.3. The molecule has 0 aromatic heterocycles. The summed E-state index contributed by atoms with van der Waals surface area (Å²) < 4.78 is 0. The molecule has 0 aromatic carbocycles. The van der Waals surface area contributed by atoms with Crippen LogP contribution in [-0.2, 0) is 28.8 Å². The van der Waals surface area contributed by atoms with Crippen LogP contribution in [0.25, 0.3) is 0 Å². The van der Waals surface area contributed by atoms with Crippen LogP contribution in [0, 0.1) is 0 Å². The third-order valence-corrected chi connectivity index (χ3v) is 5.16. The highest BCUT2D eigenvalue weighted by Gasteiger charge is 2.31. The van der Waals surface area contributed by atoms with Crippen LogP contribution < -0.4 is 32.7 Å². The molecule has 1 saturated heterocycles. The Kier molecular flexibility index (Phi) is 11.5. The van der Waals surface area contributed by atoms with Crippen LogP contribution in [0.4, 0.5) is 0 Å². The van der Waals surface area contributed by atoms with Crippen molar-refractivity contribution < 1.29 is 33.9 Å². The summed E-state index contributed by atoms with van der Waals surface area (Å²) in [4.78, 5) is 71.3. The molecule has 0 saturated carbocycles. The van der Waals surface area contributed by atoms with E-state index in [0.29, 0.717) is 13.0 Å². The Morgan fingerprint density at radius 1 is 0.906 bits per heavy atom. The largest absolute Gasteiger partial charge is 0.480 e. The minimum absolute atomic E-state index is 0.113. The van der Waals surface area contributed by atoms with Crippen LogP contribution in [-0.4, -0.2) is 77.1 Å². The molecule has 4 atom stereocenters. The van der Waals surface area contributed by atoms with Crippen molar-refractivity contribution in [1.82, 2.24) is 21.3 Å². The molecule has 180 valence electrons. The van der Waals surface area contributed by atoms with E-state index in [0.717, 1.165) is 6.42 Å². The maximum atomic E-state index is 12.8. The van der Waals surface area contributed by atoms with Crippen molar-refractivity contribution in [2.45, 2.75) is 62.7 Å². The number of amides is 5. The third-order valence-electron chi connectivity index (χ3n) is 4.80.